The number of imide groups is 1. The highest BCUT2D eigenvalue weighted by Gasteiger charge is 2.53. The van der Waals surface area contributed by atoms with Crippen molar-refractivity contribution in [1.82, 2.24) is 9.80 Å². The standard InChI is InChI=1S/C25H27ClN2O4/c1-27-21(29)15-25(24(27)32,19-9-5-6-10-20(19)26)16-22(30)28-13-11-18(12-14-28)23(31)17-7-3-2-4-8-17/h2-10,18,23,31H,11-16H2,1H3/t23-,25-/m0/s1. The summed E-state index contributed by atoms with van der Waals surface area (Å²) in [4.78, 5) is 41.7. The van der Waals surface area contributed by atoms with Gasteiger partial charge in [-0.3, -0.25) is 19.3 Å². The second-order valence-corrected chi connectivity index (χ2v) is 9.15. The molecular weight excluding hydrogens is 428 g/mol. The van der Waals surface area contributed by atoms with E-state index >= 15 is 0 Å². The zero-order chi connectivity index (χ0) is 22.9. The van der Waals surface area contributed by atoms with Crippen molar-refractivity contribution in [2.75, 3.05) is 20.1 Å². The molecule has 168 valence electrons. The predicted molar refractivity (Wildman–Crippen MR) is 121 cm³/mol. The molecular formula is C25H27ClN2O4. The molecule has 2 atom stereocenters. The van der Waals surface area contributed by atoms with Crippen LogP contribution < -0.4 is 0 Å². The number of rotatable bonds is 5. The molecule has 2 aliphatic heterocycles. The Labute approximate surface area is 192 Å². The molecule has 2 aromatic rings. The predicted octanol–water partition coefficient (Wildman–Crippen LogP) is 3.33. The van der Waals surface area contributed by atoms with E-state index in [0.717, 1.165) is 10.5 Å². The SMILES string of the molecule is CN1C(=O)C[C@](CC(=O)N2CCC([C@@H](O)c3ccccc3)CC2)(c2ccccc2Cl)C1=O. The summed E-state index contributed by atoms with van der Waals surface area (Å²) in [5.74, 6) is -0.806. The number of aliphatic hydroxyl groups is 1. The van der Waals surface area contributed by atoms with Gasteiger partial charge in [0.25, 0.3) is 0 Å². The molecule has 3 amide bonds. The zero-order valence-electron chi connectivity index (χ0n) is 18.0. The fourth-order valence-electron chi connectivity index (χ4n) is 4.94. The Morgan fingerprint density at radius 2 is 1.72 bits per heavy atom. The summed E-state index contributed by atoms with van der Waals surface area (Å²) in [7, 11) is 1.45. The summed E-state index contributed by atoms with van der Waals surface area (Å²) in [6.45, 7) is 1.01. The van der Waals surface area contributed by atoms with Crippen LogP contribution in [0.2, 0.25) is 5.02 Å². The topological polar surface area (TPSA) is 77.9 Å². The van der Waals surface area contributed by atoms with Gasteiger partial charge in [-0.2, -0.15) is 0 Å². The maximum Gasteiger partial charge on any atom is 0.240 e. The molecule has 4 rings (SSSR count). The van der Waals surface area contributed by atoms with Crippen LogP contribution in [0.15, 0.2) is 54.6 Å². The van der Waals surface area contributed by atoms with Gasteiger partial charge in [-0.1, -0.05) is 60.1 Å². The first-order chi connectivity index (χ1) is 15.3. The number of amides is 3. The van der Waals surface area contributed by atoms with Gasteiger partial charge in [-0.05, 0) is 36.0 Å². The van der Waals surface area contributed by atoms with Crippen LogP contribution >= 0.6 is 11.6 Å². The fourth-order valence-corrected chi connectivity index (χ4v) is 5.25. The van der Waals surface area contributed by atoms with Crippen LogP contribution in [-0.4, -0.2) is 52.8 Å². The van der Waals surface area contributed by atoms with E-state index in [1.807, 2.05) is 30.3 Å². The molecule has 2 heterocycles. The molecule has 2 aromatic carbocycles. The number of carbonyl (C=O) groups is 3. The van der Waals surface area contributed by atoms with E-state index < -0.39 is 17.4 Å². The third-order valence-electron chi connectivity index (χ3n) is 6.86. The Kier molecular flexibility index (Phi) is 6.35. The molecule has 2 aliphatic rings. The Balaban J connectivity index is 1.49. The molecule has 0 aliphatic carbocycles. The number of hydrogen-bond donors (Lipinski definition) is 1. The first-order valence-electron chi connectivity index (χ1n) is 10.9. The fraction of sp³-hybridized carbons (Fsp3) is 0.400. The van der Waals surface area contributed by atoms with Crippen molar-refractivity contribution in [3.8, 4) is 0 Å². The number of nitrogens with zero attached hydrogens (tertiary/aromatic N) is 2. The number of carbonyl (C=O) groups excluding carboxylic acids is 3. The monoisotopic (exact) mass is 454 g/mol. The quantitative estimate of drug-likeness (QED) is 0.703. The van der Waals surface area contributed by atoms with Gasteiger partial charge in [0, 0.05) is 38.0 Å². The van der Waals surface area contributed by atoms with Crippen molar-refractivity contribution in [2.24, 2.45) is 5.92 Å². The Morgan fingerprint density at radius 3 is 2.31 bits per heavy atom. The van der Waals surface area contributed by atoms with Gasteiger partial charge in [0.15, 0.2) is 0 Å². The summed E-state index contributed by atoms with van der Waals surface area (Å²) in [5.41, 5.74) is 0.127. The van der Waals surface area contributed by atoms with Crippen molar-refractivity contribution < 1.29 is 19.5 Å². The van der Waals surface area contributed by atoms with Crippen molar-refractivity contribution in [2.45, 2.75) is 37.2 Å². The van der Waals surface area contributed by atoms with Gasteiger partial charge < -0.3 is 10.0 Å². The maximum absolute atomic E-state index is 13.3. The van der Waals surface area contributed by atoms with E-state index in [4.69, 9.17) is 11.6 Å². The molecule has 2 fully saturated rings. The molecule has 0 radical (unpaired) electrons. The minimum atomic E-state index is -1.28. The molecule has 0 bridgehead atoms. The van der Waals surface area contributed by atoms with E-state index in [0.29, 0.717) is 36.5 Å². The lowest BCUT2D eigenvalue weighted by Gasteiger charge is -2.36. The highest BCUT2D eigenvalue weighted by atomic mass is 35.5. The number of hydrogen-bond acceptors (Lipinski definition) is 4. The van der Waals surface area contributed by atoms with E-state index in [-0.39, 0.29) is 30.6 Å². The van der Waals surface area contributed by atoms with Crippen molar-refractivity contribution in [3.05, 3.63) is 70.7 Å². The first-order valence-corrected chi connectivity index (χ1v) is 11.3. The van der Waals surface area contributed by atoms with Crippen LogP contribution in [0.5, 0.6) is 0 Å². The van der Waals surface area contributed by atoms with Crippen LogP contribution in [0.4, 0.5) is 0 Å². The largest absolute Gasteiger partial charge is 0.388 e. The molecule has 32 heavy (non-hydrogen) atoms. The number of aliphatic hydroxyl groups excluding tert-OH is 1. The molecule has 0 saturated carbocycles. The lowest BCUT2D eigenvalue weighted by atomic mass is 9.75. The van der Waals surface area contributed by atoms with Crippen LogP contribution in [0.3, 0.4) is 0 Å². The second kappa shape index (κ2) is 9.04. The average Bonchev–Trinajstić information content (AvgIpc) is 3.03. The molecule has 0 unspecified atom stereocenters. The normalized spacial score (nSPS) is 23.0. The van der Waals surface area contributed by atoms with E-state index in [1.165, 1.54) is 7.05 Å². The third kappa shape index (κ3) is 4.05. The second-order valence-electron chi connectivity index (χ2n) is 8.75. The van der Waals surface area contributed by atoms with Crippen molar-refractivity contribution in [3.63, 3.8) is 0 Å². The molecule has 6 nitrogen and oxygen atoms in total. The summed E-state index contributed by atoms with van der Waals surface area (Å²) in [6, 6.07) is 16.5. The molecule has 2 saturated heterocycles. The summed E-state index contributed by atoms with van der Waals surface area (Å²) >= 11 is 6.40. The van der Waals surface area contributed by atoms with Crippen LogP contribution in [0.1, 0.15) is 42.9 Å². The van der Waals surface area contributed by atoms with Crippen molar-refractivity contribution >= 4 is 29.3 Å². The van der Waals surface area contributed by atoms with Gasteiger partial charge in [-0.25, -0.2) is 0 Å². The number of benzene rings is 2. The van der Waals surface area contributed by atoms with E-state index in [9.17, 15) is 19.5 Å². The zero-order valence-corrected chi connectivity index (χ0v) is 18.8. The Morgan fingerprint density at radius 1 is 1.09 bits per heavy atom. The lowest BCUT2D eigenvalue weighted by Crippen LogP contribution is -2.45. The maximum atomic E-state index is 13.3. The minimum Gasteiger partial charge on any atom is -0.388 e. The van der Waals surface area contributed by atoms with E-state index in [1.54, 1.807) is 29.2 Å². The highest BCUT2D eigenvalue weighted by Crippen LogP contribution is 2.43. The number of likely N-dealkylation sites (tertiary alicyclic amines) is 2. The van der Waals surface area contributed by atoms with Crippen LogP contribution in [-0.2, 0) is 19.8 Å². The van der Waals surface area contributed by atoms with Gasteiger partial charge in [0.2, 0.25) is 17.7 Å². The minimum absolute atomic E-state index is 0.0685. The molecule has 1 N–H and O–H groups in total. The van der Waals surface area contributed by atoms with E-state index in [2.05, 4.69) is 0 Å². The van der Waals surface area contributed by atoms with Gasteiger partial charge >= 0.3 is 0 Å². The molecule has 7 heteroatoms. The van der Waals surface area contributed by atoms with Crippen molar-refractivity contribution in [1.29, 1.82) is 0 Å². The van der Waals surface area contributed by atoms with Gasteiger partial charge in [0.1, 0.15) is 0 Å². The highest BCUT2D eigenvalue weighted by molar-refractivity contribution is 6.32. The summed E-state index contributed by atoms with van der Waals surface area (Å²) < 4.78 is 0. The molecule has 0 spiro atoms. The average molecular weight is 455 g/mol. The third-order valence-corrected chi connectivity index (χ3v) is 7.19. The Hall–Kier alpha value is -2.70. The summed E-state index contributed by atoms with van der Waals surface area (Å²) in [6.07, 6.45) is 0.616. The smallest absolute Gasteiger partial charge is 0.240 e. The van der Waals surface area contributed by atoms with Crippen LogP contribution in [0, 0.1) is 5.92 Å². The number of piperidine rings is 1. The lowest BCUT2D eigenvalue weighted by molar-refractivity contribution is -0.142. The summed E-state index contributed by atoms with van der Waals surface area (Å²) in [5, 5.41) is 11.1. The number of halogens is 1. The number of likely N-dealkylation sites (N-methyl/N-ethyl adjacent to an activating group) is 1. The first kappa shape index (κ1) is 22.5. The molecule has 0 aromatic heterocycles. The van der Waals surface area contributed by atoms with Gasteiger partial charge in [0.05, 0.1) is 11.5 Å². The van der Waals surface area contributed by atoms with Gasteiger partial charge in [-0.15, -0.1) is 0 Å². The van der Waals surface area contributed by atoms with Crippen LogP contribution in [0.25, 0.3) is 0 Å². The Bertz CT molecular complexity index is 1020.